The van der Waals surface area contributed by atoms with E-state index in [-0.39, 0.29) is 30.4 Å². The fraction of sp³-hybridized carbons (Fsp3) is 0.562. The van der Waals surface area contributed by atoms with Gasteiger partial charge >= 0.3 is 0 Å². The maximum atomic E-state index is 12.5. The molecule has 4 nitrogen and oxygen atoms in total. The van der Waals surface area contributed by atoms with E-state index >= 15 is 0 Å². The predicted octanol–water partition coefficient (Wildman–Crippen LogP) is 1.55. The Morgan fingerprint density at radius 3 is 2.80 bits per heavy atom. The second kappa shape index (κ2) is 6.86. The average Bonchev–Trinajstić information content (AvgIpc) is 2.53. The molecule has 3 unspecified atom stereocenters. The summed E-state index contributed by atoms with van der Waals surface area (Å²) in [7, 11) is 0. The number of amides is 1. The molecule has 1 aliphatic heterocycles. The van der Waals surface area contributed by atoms with Crippen molar-refractivity contribution in [2.75, 3.05) is 19.7 Å². The van der Waals surface area contributed by atoms with E-state index in [4.69, 9.17) is 5.73 Å². The summed E-state index contributed by atoms with van der Waals surface area (Å²) in [6.45, 7) is 3.48. The van der Waals surface area contributed by atoms with Crippen LogP contribution < -0.4 is 5.73 Å². The fourth-order valence-electron chi connectivity index (χ4n) is 2.82. The third kappa shape index (κ3) is 3.38. The fourth-order valence-corrected chi connectivity index (χ4v) is 2.82. The number of hydrogen-bond donors (Lipinski definition) is 2. The molecule has 0 radical (unpaired) electrons. The van der Waals surface area contributed by atoms with Crippen LogP contribution in [-0.2, 0) is 4.79 Å². The summed E-state index contributed by atoms with van der Waals surface area (Å²) in [6.07, 6.45) is 1.96. The molecular formula is C16H24N2O2. The topological polar surface area (TPSA) is 66.6 Å². The molecule has 3 atom stereocenters. The molecule has 0 aliphatic carbocycles. The summed E-state index contributed by atoms with van der Waals surface area (Å²) in [4.78, 5) is 14.4. The van der Waals surface area contributed by atoms with Gasteiger partial charge in [-0.25, -0.2) is 0 Å². The molecule has 0 saturated carbocycles. The maximum Gasteiger partial charge on any atom is 0.227 e. The van der Waals surface area contributed by atoms with Crippen LogP contribution in [-0.4, -0.2) is 35.6 Å². The number of benzene rings is 1. The van der Waals surface area contributed by atoms with Gasteiger partial charge in [0.05, 0.1) is 5.92 Å². The number of aliphatic hydroxyl groups is 1. The molecule has 1 aromatic carbocycles. The van der Waals surface area contributed by atoms with E-state index in [2.05, 4.69) is 0 Å². The number of carbonyl (C=O) groups excluding carboxylic acids is 1. The smallest absolute Gasteiger partial charge is 0.227 e. The molecule has 1 fully saturated rings. The van der Waals surface area contributed by atoms with Crippen molar-refractivity contribution in [2.24, 2.45) is 17.6 Å². The van der Waals surface area contributed by atoms with Crippen LogP contribution >= 0.6 is 0 Å². The van der Waals surface area contributed by atoms with Crippen LogP contribution in [0.3, 0.4) is 0 Å². The van der Waals surface area contributed by atoms with Gasteiger partial charge in [-0.2, -0.15) is 0 Å². The van der Waals surface area contributed by atoms with Crippen molar-refractivity contribution in [3.63, 3.8) is 0 Å². The predicted molar refractivity (Wildman–Crippen MR) is 78.9 cm³/mol. The number of carbonyl (C=O) groups is 1. The van der Waals surface area contributed by atoms with Crippen molar-refractivity contribution in [1.29, 1.82) is 0 Å². The summed E-state index contributed by atoms with van der Waals surface area (Å²) < 4.78 is 0. The lowest BCUT2D eigenvalue weighted by atomic mass is 9.92. The number of likely N-dealkylation sites (tertiary alicyclic amines) is 1. The van der Waals surface area contributed by atoms with E-state index in [1.54, 1.807) is 0 Å². The highest BCUT2D eigenvalue weighted by molar-refractivity contribution is 5.79. The Kier molecular flexibility index (Phi) is 5.15. The van der Waals surface area contributed by atoms with E-state index < -0.39 is 0 Å². The summed E-state index contributed by atoms with van der Waals surface area (Å²) in [5, 5.41) is 9.25. The second-order valence-corrected chi connectivity index (χ2v) is 5.70. The van der Waals surface area contributed by atoms with Crippen molar-refractivity contribution in [3.8, 4) is 0 Å². The lowest BCUT2D eigenvalue weighted by Crippen LogP contribution is -2.45. The largest absolute Gasteiger partial charge is 0.396 e. The number of rotatable bonds is 4. The first-order chi connectivity index (χ1) is 9.63. The van der Waals surface area contributed by atoms with Crippen molar-refractivity contribution >= 4 is 5.91 Å². The molecule has 0 spiro atoms. The second-order valence-electron chi connectivity index (χ2n) is 5.70. The van der Waals surface area contributed by atoms with E-state index in [9.17, 15) is 9.90 Å². The van der Waals surface area contributed by atoms with Gasteiger partial charge in [0.2, 0.25) is 5.91 Å². The Bertz CT molecular complexity index is 435. The molecule has 2 rings (SSSR count). The zero-order valence-corrected chi connectivity index (χ0v) is 12.0. The lowest BCUT2D eigenvalue weighted by Gasteiger charge is -2.34. The first-order valence-corrected chi connectivity index (χ1v) is 7.33. The maximum absolute atomic E-state index is 12.5. The zero-order chi connectivity index (χ0) is 14.5. The molecule has 1 heterocycles. The van der Waals surface area contributed by atoms with Crippen LogP contribution in [0.2, 0.25) is 0 Å². The minimum absolute atomic E-state index is 0.0968. The Morgan fingerprint density at radius 1 is 1.45 bits per heavy atom. The van der Waals surface area contributed by atoms with Crippen molar-refractivity contribution < 1.29 is 9.90 Å². The quantitative estimate of drug-likeness (QED) is 0.877. The number of aliphatic hydroxyl groups excluding tert-OH is 1. The van der Waals surface area contributed by atoms with E-state index in [0.29, 0.717) is 6.54 Å². The summed E-state index contributed by atoms with van der Waals surface area (Å²) in [5.74, 6) is 0.0715. The Hall–Kier alpha value is -1.39. The third-order valence-electron chi connectivity index (χ3n) is 4.20. The Labute approximate surface area is 120 Å². The standard InChI is InChI=1S/C16H24N2O2/c1-12(15(17)14-7-3-2-4-8-14)16(20)18-9-5-6-13(10-18)11-19/h2-4,7-8,12-13,15,19H,5-6,9-11,17H2,1H3. The minimum Gasteiger partial charge on any atom is -0.396 e. The molecule has 4 heteroatoms. The van der Waals surface area contributed by atoms with Crippen LogP contribution in [0.15, 0.2) is 30.3 Å². The normalized spacial score (nSPS) is 22.4. The highest BCUT2D eigenvalue weighted by atomic mass is 16.3. The highest BCUT2D eigenvalue weighted by Gasteiger charge is 2.29. The first-order valence-electron chi connectivity index (χ1n) is 7.33. The van der Waals surface area contributed by atoms with Gasteiger partial charge in [-0.05, 0) is 24.3 Å². The van der Waals surface area contributed by atoms with E-state index in [0.717, 1.165) is 24.9 Å². The van der Waals surface area contributed by atoms with Crippen molar-refractivity contribution in [3.05, 3.63) is 35.9 Å². The van der Waals surface area contributed by atoms with E-state index in [1.165, 1.54) is 0 Å². The molecule has 1 aromatic rings. The zero-order valence-electron chi connectivity index (χ0n) is 12.0. The van der Waals surface area contributed by atoms with Gasteiger partial charge in [-0.3, -0.25) is 4.79 Å². The molecule has 3 N–H and O–H groups in total. The molecule has 1 saturated heterocycles. The summed E-state index contributed by atoms with van der Waals surface area (Å²) >= 11 is 0. The molecule has 1 aliphatic rings. The number of hydrogen-bond acceptors (Lipinski definition) is 3. The van der Waals surface area contributed by atoms with Gasteiger partial charge in [0.1, 0.15) is 0 Å². The monoisotopic (exact) mass is 276 g/mol. The molecular weight excluding hydrogens is 252 g/mol. The van der Waals surface area contributed by atoms with Crippen LogP contribution in [0.25, 0.3) is 0 Å². The first kappa shape index (κ1) is 15.0. The minimum atomic E-state index is -0.279. The van der Waals surface area contributed by atoms with Gasteiger partial charge < -0.3 is 15.7 Å². The SMILES string of the molecule is CC(C(=O)N1CCCC(CO)C1)C(N)c1ccccc1. The Balaban J connectivity index is 2.01. The summed E-state index contributed by atoms with van der Waals surface area (Å²) in [5.41, 5.74) is 7.21. The molecule has 1 amide bonds. The molecule has 0 aromatic heterocycles. The highest BCUT2D eigenvalue weighted by Crippen LogP contribution is 2.24. The van der Waals surface area contributed by atoms with Gasteiger partial charge in [0.15, 0.2) is 0 Å². The van der Waals surface area contributed by atoms with Crippen LogP contribution in [0, 0.1) is 11.8 Å². The van der Waals surface area contributed by atoms with Crippen LogP contribution in [0.1, 0.15) is 31.4 Å². The average molecular weight is 276 g/mol. The Morgan fingerprint density at radius 2 is 2.15 bits per heavy atom. The molecule has 20 heavy (non-hydrogen) atoms. The lowest BCUT2D eigenvalue weighted by molar-refractivity contribution is -0.137. The van der Waals surface area contributed by atoms with Gasteiger partial charge in [-0.1, -0.05) is 37.3 Å². The van der Waals surface area contributed by atoms with E-state index in [1.807, 2.05) is 42.2 Å². The van der Waals surface area contributed by atoms with Crippen molar-refractivity contribution in [1.82, 2.24) is 4.90 Å². The van der Waals surface area contributed by atoms with Crippen LogP contribution in [0.4, 0.5) is 0 Å². The van der Waals surface area contributed by atoms with Gasteiger partial charge in [-0.15, -0.1) is 0 Å². The van der Waals surface area contributed by atoms with Crippen molar-refractivity contribution in [2.45, 2.75) is 25.8 Å². The number of nitrogens with zero attached hydrogens (tertiary/aromatic N) is 1. The van der Waals surface area contributed by atoms with Gasteiger partial charge in [0.25, 0.3) is 0 Å². The molecule has 0 bridgehead atoms. The number of nitrogens with two attached hydrogens (primary N) is 1. The van der Waals surface area contributed by atoms with Crippen LogP contribution in [0.5, 0.6) is 0 Å². The van der Waals surface area contributed by atoms with Gasteiger partial charge in [0, 0.05) is 25.7 Å². The summed E-state index contributed by atoms with van der Waals surface area (Å²) in [6, 6.07) is 9.46. The third-order valence-corrected chi connectivity index (χ3v) is 4.20. The molecule has 110 valence electrons. The number of piperidine rings is 1.